The quantitative estimate of drug-likeness (QED) is 0.810. The third-order valence-corrected chi connectivity index (χ3v) is 2.73. The number of halogens is 3. The van der Waals surface area contributed by atoms with Gasteiger partial charge in [0.05, 0.1) is 5.92 Å². The molecule has 86 valence electrons. The van der Waals surface area contributed by atoms with Gasteiger partial charge in [-0.15, -0.1) is 0 Å². The van der Waals surface area contributed by atoms with Gasteiger partial charge in [-0.3, -0.25) is 4.79 Å². The monoisotopic (exact) mass is 230 g/mol. The number of carboxylic acids is 1. The molecule has 0 amide bonds. The summed E-state index contributed by atoms with van der Waals surface area (Å²) in [6.45, 7) is 0. The summed E-state index contributed by atoms with van der Waals surface area (Å²) in [5.74, 6) is -5.97. The molecule has 1 N–H and O–H groups in total. The average Bonchev–Trinajstić information content (AvgIpc) is 2.97. The average molecular weight is 230 g/mol. The maximum absolute atomic E-state index is 13.4. The van der Waals surface area contributed by atoms with E-state index in [-0.39, 0.29) is 11.5 Å². The van der Waals surface area contributed by atoms with E-state index >= 15 is 0 Å². The van der Waals surface area contributed by atoms with Gasteiger partial charge in [-0.25, -0.2) is 13.2 Å². The number of benzene rings is 1. The fraction of sp³-hybridized carbons (Fsp3) is 0.364. The minimum Gasteiger partial charge on any atom is -0.481 e. The van der Waals surface area contributed by atoms with Crippen LogP contribution in [0.1, 0.15) is 24.3 Å². The van der Waals surface area contributed by atoms with Crippen molar-refractivity contribution in [2.24, 2.45) is 5.92 Å². The van der Waals surface area contributed by atoms with Crippen LogP contribution >= 0.6 is 0 Å². The molecule has 16 heavy (non-hydrogen) atoms. The van der Waals surface area contributed by atoms with Crippen LogP contribution in [0, 0.1) is 23.4 Å². The van der Waals surface area contributed by atoms with Gasteiger partial charge < -0.3 is 5.11 Å². The Balaban J connectivity index is 2.44. The first kappa shape index (κ1) is 11.0. The molecule has 1 atom stereocenters. The second-order valence-corrected chi connectivity index (χ2v) is 3.94. The summed E-state index contributed by atoms with van der Waals surface area (Å²) in [5, 5.41) is 8.94. The molecular formula is C11H9F3O2. The van der Waals surface area contributed by atoms with E-state index < -0.39 is 29.3 Å². The van der Waals surface area contributed by atoms with E-state index in [0.717, 1.165) is 0 Å². The lowest BCUT2D eigenvalue weighted by atomic mass is 9.93. The second-order valence-electron chi connectivity index (χ2n) is 3.94. The van der Waals surface area contributed by atoms with Gasteiger partial charge in [-0.2, -0.15) is 0 Å². The SMILES string of the molecule is O=C(O)C(c1cc(F)c(F)cc1F)C1CC1. The predicted molar refractivity (Wildman–Crippen MR) is 49.4 cm³/mol. The summed E-state index contributed by atoms with van der Waals surface area (Å²) in [5.41, 5.74) is -0.270. The zero-order valence-corrected chi connectivity index (χ0v) is 8.21. The summed E-state index contributed by atoms with van der Waals surface area (Å²) in [4.78, 5) is 10.9. The zero-order chi connectivity index (χ0) is 11.9. The summed E-state index contributed by atoms with van der Waals surface area (Å²) >= 11 is 0. The van der Waals surface area contributed by atoms with E-state index in [2.05, 4.69) is 0 Å². The van der Waals surface area contributed by atoms with E-state index in [1.165, 1.54) is 0 Å². The molecule has 1 saturated carbocycles. The van der Waals surface area contributed by atoms with Gasteiger partial charge in [-0.05, 0) is 24.8 Å². The van der Waals surface area contributed by atoms with E-state index in [1.807, 2.05) is 0 Å². The summed E-state index contributed by atoms with van der Waals surface area (Å²) in [6.07, 6.45) is 1.35. The number of hydrogen-bond donors (Lipinski definition) is 1. The van der Waals surface area contributed by atoms with Crippen LogP contribution in [-0.4, -0.2) is 11.1 Å². The smallest absolute Gasteiger partial charge is 0.311 e. The molecule has 1 aliphatic carbocycles. The number of aliphatic carboxylic acids is 1. The molecule has 2 rings (SSSR count). The van der Waals surface area contributed by atoms with Crippen molar-refractivity contribution in [1.82, 2.24) is 0 Å². The van der Waals surface area contributed by atoms with Gasteiger partial charge in [0.1, 0.15) is 5.82 Å². The van der Waals surface area contributed by atoms with Crippen molar-refractivity contribution >= 4 is 5.97 Å². The summed E-state index contributed by atoms with van der Waals surface area (Å²) in [7, 11) is 0. The fourth-order valence-corrected chi connectivity index (χ4v) is 1.79. The van der Waals surface area contributed by atoms with Crippen LogP contribution in [0.2, 0.25) is 0 Å². The molecule has 0 aliphatic heterocycles. The second kappa shape index (κ2) is 3.81. The number of hydrogen-bond acceptors (Lipinski definition) is 1. The molecule has 1 unspecified atom stereocenters. The maximum Gasteiger partial charge on any atom is 0.311 e. The largest absolute Gasteiger partial charge is 0.481 e. The minimum absolute atomic E-state index is 0.170. The normalized spacial score (nSPS) is 17.2. The van der Waals surface area contributed by atoms with Crippen LogP contribution in [0.3, 0.4) is 0 Å². The molecule has 0 aromatic heterocycles. The third kappa shape index (κ3) is 1.89. The van der Waals surface area contributed by atoms with Crippen LogP contribution in [0.4, 0.5) is 13.2 Å². The Hall–Kier alpha value is -1.52. The van der Waals surface area contributed by atoms with Crippen molar-refractivity contribution in [3.63, 3.8) is 0 Å². The van der Waals surface area contributed by atoms with Crippen molar-refractivity contribution in [2.45, 2.75) is 18.8 Å². The van der Waals surface area contributed by atoms with Crippen molar-refractivity contribution < 1.29 is 23.1 Å². The predicted octanol–water partition coefficient (Wildman–Crippen LogP) is 2.68. The molecule has 2 nitrogen and oxygen atoms in total. The van der Waals surface area contributed by atoms with Gasteiger partial charge in [0.15, 0.2) is 11.6 Å². The first-order valence-corrected chi connectivity index (χ1v) is 4.88. The van der Waals surface area contributed by atoms with Gasteiger partial charge in [0.25, 0.3) is 0 Å². The Morgan fingerprint density at radius 3 is 2.25 bits per heavy atom. The van der Waals surface area contributed by atoms with E-state index in [9.17, 15) is 18.0 Å². The zero-order valence-electron chi connectivity index (χ0n) is 8.21. The molecule has 0 spiro atoms. The number of carbonyl (C=O) groups is 1. The number of rotatable bonds is 3. The molecule has 0 saturated heterocycles. The standard InChI is InChI=1S/C11H9F3O2/c12-7-4-9(14)8(13)3-6(7)10(11(15)16)5-1-2-5/h3-5,10H,1-2H2,(H,15,16). The third-order valence-electron chi connectivity index (χ3n) is 2.73. The molecule has 1 aromatic rings. The Labute approximate surface area is 89.7 Å². The van der Waals surface area contributed by atoms with Gasteiger partial charge in [-0.1, -0.05) is 0 Å². The summed E-state index contributed by atoms with van der Waals surface area (Å²) < 4.78 is 39.0. The van der Waals surface area contributed by atoms with E-state index in [1.54, 1.807) is 0 Å². The molecule has 0 radical (unpaired) electrons. The Bertz CT molecular complexity index is 441. The molecule has 5 heteroatoms. The molecule has 0 heterocycles. The van der Waals surface area contributed by atoms with E-state index in [4.69, 9.17) is 5.11 Å². The Kier molecular flexibility index (Phi) is 2.61. The van der Waals surface area contributed by atoms with Crippen molar-refractivity contribution in [1.29, 1.82) is 0 Å². The van der Waals surface area contributed by atoms with Crippen molar-refractivity contribution in [2.75, 3.05) is 0 Å². The Morgan fingerprint density at radius 2 is 1.75 bits per heavy atom. The van der Waals surface area contributed by atoms with Crippen LogP contribution in [-0.2, 0) is 4.79 Å². The topological polar surface area (TPSA) is 37.3 Å². The van der Waals surface area contributed by atoms with Crippen molar-refractivity contribution in [3.05, 3.63) is 35.1 Å². The lowest BCUT2D eigenvalue weighted by molar-refractivity contribution is -0.139. The highest BCUT2D eigenvalue weighted by Crippen LogP contribution is 2.43. The molecule has 0 bridgehead atoms. The molecule has 1 fully saturated rings. The lowest BCUT2D eigenvalue weighted by Crippen LogP contribution is -2.16. The first-order valence-electron chi connectivity index (χ1n) is 4.88. The highest BCUT2D eigenvalue weighted by atomic mass is 19.2. The Morgan fingerprint density at radius 1 is 1.19 bits per heavy atom. The van der Waals surface area contributed by atoms with Crippen LogP contribution in [0.25, 0.3) is 0 Å². The fourth-order valence-electron chi connectivity index (χ4n) is 1.79. The maximum atomic E-state index is 13.4. The van der Waals surface area contributed by atoms with Crippen molar-refractivity contribution in [3.8, 4) is 0 Å². The highest BCUT2D eigenvalue weighted by Gasteiger charge is 2.39. The van der Waals surface area contributed by atoms with Crippen LogP contribution in [0.15, 0.2) is 12.1 Å². The minimum atomic E-state index is -1.30. The highest BCUT2D eigenvalue weighted by molar-refractivity contribution is 5.77. The summed E-state index contributed by atoms with van der Waals surface area (Å²) in [6, 6.07) is 1.03. The molecule has 1 aliphatic rings. The first-order chi connectivity index (χ1) is 7.50. The molecular weight excluding hydrogens is 221 g/mol. The van der Waals surface area contributed by atoms with E-state index in [0.29, 0.717) is 25.0 Å². The lowest BCUT2D eigenvalue weighted by Gasteiger charge is -2.12. The van der Waals surface area contributed by atoms with Crippen LogP contribution < -0.4 is 0 Å². The van der Waals surface area contributed by atoms with Gasteiger partial charge in [0, 0.05) is 11.6 Å². The number of carboxylic acid groups (broad SMARTS) is 1. The van der Waals surface area contributed by atoms with Gasteiger partial charge in [0.2, 0.25) is 0 Å². The van der Waals surface area contributed by atoms with Crippen LogP contribution in [0.5, 0.6) is 0 Å². The molecule has 1 aromatic carbocycles. The van der Waals surface area contributed by atoms with Gasteiger partial charge >= 0.3 is 5.97 Å².